The van der Waals surface area contributed by atoms with Gasteiger partial charge in [0.05, 0.1) is 6.42 Å². The lowest BCUT2D eigenvalue weighted by atomic mass is 10.0. The summed E-state index contributed by atoms with van der Waals surface area (Å²) in [5, 5.41) is 3.09. The van der Waals surface area contributed by atoms with E-state index in [1.165, 1.54) is 0 Å². The number of nitrogens with one attached hydrogen (secondary N) is 1. The highest BCUT2D eigenvalue weighted by Crippen LogP contribution is 2.31. The highest BCUT2D eigenvalue weighted by molar-refractivity contribution is 5.22. The number of rotatable bonds is 5. The van der Waals surface area contributed by atoms with Gasteiger partial charge in [0, 0.05) is 12.1 Å². The summed E-state index contributed by atoms with van der Waals surface area (Å²) in [6, 6.07) is 17.3. The van der Waals surface area contributed by atoms with Crippen LogP contribution in [0.2, 0.25) is 0 Å². The summed E-state index contributed by atoms with van der Waals surface area (Å²) in [7, 11) is 0. The van der Waals surface area contributed by atoms with Crippen molar-refractivity contribution in [3.05, 3.63) is 71.8 Å². The average molecular weight is 293 g/mol. The van der Waals surface area contributed by atoms with Crippen LogP contribution in [0.15, 0.2) is 60.7 Å². The summed E-state index contributed by atoms with van der Waals surface area (Å²) in [6.45, 7) is 1.88. The number of hydrogen-bond acceptors (Lipinski definition) is 1. The predicted molar refractivity (Wildman–Crippen MR) is 77.8 cm³/mol. The molecule has 2 unspecified atom stereocenters. The van der Waals surface area contributed by atoms with Gasteiger partial charge in [0.15, 0.2) is 0 Å². The summed E-state index contributed by atoms with van der Waals surface area (Å²) in [6.07, 6.45) is -5.09. The Labute approximate surface area is 122 Å². The zero-order valence-corrected chi connectivity index (χ0v) is 11.8. The fourth-order valence-electron chi connectivity index (χ4n) is 2.33. The SMILES string of the molecule is CC(NC(CC(F)(F)F)c1ccccc1)c1ccccc1. The van der Waals surface area contributed by atoms with Crippen LogP contribution in [-0.4, -0.2) is 6.18 Å². The van der Waals surface area contributed by atoms with Gasteiger partial charge in [-0.3, -0.25) is 0 Å². The molecule has 2 rings (SSSR count). The van der Waals surface area contributed by atoms with Gasteiger partial charge in [-0.1, -0.05) is 60.7 Å². The number of benzene rings is 2. The van der Waals surface area contributed by atoms with E-state index in [4.69, 9.17) is 0 Å². The summed E-state index contributed by atoms with van der Waals surface area (Å²) < 4.78 is 38.4. The third-order valence-electron chi connectivity index (χ3n) is 3.39. The molecule has 0 saturated heterocycles. The molecule has 0 amide bonds. The van der Waals surface area contributed by atoms with E-state index >= 15 is 0 Å². The second kappa shape index (κ2) is 6.76. The van der Waals surface area contributed by atoms with E-state index < -0.39 is 18.6 Å². The maximum Gasteiger partial charge on any atom is 0.390 e. The van der Waals surface area contributed by atoms with Crippen LogP contribution in [-0.2, 0) is 0 Å². The molecule has 0 bridgehead atoms. The smallest absolute Gasteiger partial charge is 0.303 e. The Balaban J connectivity index is 2.16. The quantitative estimate of drug-likeness (QED) is 0.815. The molecule has 0 radical (unpaired) electrons. The van der Waals surface area contributed by atoms with E-state index in [0.29, 0.717) is 5.56 Å². The molecule has 112 valence electrons. The Hall–Kier alpha value is -1.81. The monoisotopic (exact) mass is 293 g/mol. The van der Waals surface area contributed by atoms with Gasteiger partial charge in [-0.05, 0) is 18.1 Å². The Morgan fingerprint density at radius 2 is 1.33 bits per heavy atom. The van der Waals surface area contributed by atoms with Crippen LogP contribution in [0.5, 0.6) is 0 Å². The molecule has 2 atom stereocenters. The molecular weight excluding hydrogens is 275 g/mol. The first kappa shape index (κ1) is 15.6. The van der Waals surface area contributed by atoms with Crippen LogP contribution in [0.25, 0.3) is 0 Å². The van der Waals surface area contributed by atoms with Crippen LogP contribution >= 0.6 is 0 Å². The highest BCUT2D eigenvalue weighted by atomic mass is 19.4. The van der Waals surface area contributed by atoms with Gasteiger partial charge < -0.3 is 5.32 Å². The van der Waals surface area contributed by atoms with E-state index in [2.05, 4.69) is 5.32 Å². The average Bonchev–Trinajstić information content (AvgIpc) is 2.47. The lowest BCUT2D eigenvalue weighted by Crippen LogP contribution is -2.29. The van der Waals surface area contributed by atoms with Crippen LogP contribution in [0, 0.1) is 0 Å². The van der Waals surface area contributed by atoms with Gasteiger partial charge in [0.25, 0.3) is 0 Å². The Morgan fingerprint density at radius 1 is 0.857 bits per heavy atom. The molecule has 0 spiro atoms. The fourth-order valence-corrected chi connectivity index (χ4v) is 2.33. The molecule has 0 aromatic heterocycles. The number of halogens is 3. The predicted octanol–water partition coefficient (Wildman–Crippen LogP) is 5.03. The van der Waals surface area contributed by atoms with E-state index in [1.54, 1.807) is 30.3 Å². The van der Waals surface area contributed by atoms with Crippen molar-refractivity contribution < 1.29 is 13.2 Å². The molecule has 2 aromatic rings. The van der Waals surface area contributed by atoms with Gasteiger partial charge >= 0.3 is 6.18 Å². The van der Waals surface area contributed by atoms with Crippen molar-refractivity contribution >= 4 is 0 Å². The summed E-state index contributed by atoms with van der Waals surface area (Å²) in [5.41, 5.74) is 1.62. The van der Waals surface area contributed by atoms with Crippen LogP contribution < -0.4 is 5.32 Å². The molecule has 21 heavy (non-hydrogen) atoms. The minimum Gasteiger partial charge on any atom is -0.303 e. The van der Waals surface area contributed by atoms with Crippen LogP contribution in [0.3, 0.4) is 0 Å². The summed E-state index contributed by atoms with van der Waals surface area (Å²) >= 11 is 0. The largest absolute Gasteiger partial charge is 0.390 e. The molecule has 2 aromatic carbocycles. The topological polar surface area (TPSA) is 12.0 Å². The Bertz CT molecular complexity index is 537. The molecule has 0 aliphatic rings. The van der Waals surface area contributed by atoms with Crippen molar-refractivity contribution in [1.29, 1.82) is 0 Å². The van der Waals surface area contributed by atoms with E-state index in [0.717, 1.165) is 5.56 Å². The maximum absolute atomic E-state index is 12.8. The summed E-state index contributed by atoms with van der Waals surface area (Å²) in [5.74, 6) is 0. The third-order valence-corrected chi connectivity index (χ3v) is 3.39. The highest BCUT2D eigenvalue weighted by Gasteiger charge is 2.33. The van der Waals surface area contributed by atoms with Crippen molar-refractivity contribution in [2.45, 2.75) is 31.6 Å². The van der Waals surface area contributed by atoms with Gasteiger partial charge in [-0.15, -0.1) is 0 Å². The molecule has 0 aliphatic heterocycles. The van der Waals surface area contributed by atoms with Crippen LogP contribution in [0.4, 0.5) is 13.2 Å². The molecule has 4 heteroatoms. The third kappa shape index (κ3) is 4.90. The molecule has 0 heterocycles. The van der Waals surface area contributed by atoms with Crippen molar-refractivity contribution in [2.75, 3.05) is 0 Å². The molecule has 1 N–H and O–H groups in total. The van der Waals surface area contributed by atoms with Gasteiger partial charge in [-0.25, -0.2) is 0 Å². The number of alkyl halides is 3. The maximum atomic E-state index is 12.8. The molecule has 0 aliphatic carbocycles. The zero-order chi connectivity index (χ0) is 15.3. The van der Waals surface area contributed by atoms with Crippen molar-refractivity contribution in [3.63, 3.8) is 0 Å². The van der Waals surface area contributed by atoms with Gasteiger partial charge in [-0.2, -0.15) is 13.2 Å². The Morgan fingerprint density at radius 3 is 1.81 bits per heavy atom. The molecule has 1 nitrogen and oxygen atoms in total. The molecular formula is C17H18F3N. The van der Waals surface area contributed by atoms with E-state index in [9.17, 15) is 13.2 Å². The van der Waals surface area contributed by atoms with Crippen molar-refractivity contribution in [3.8, 4) is 0 Å². The van der Waals surface area contributed by atoms with E-state index in [-0.39, 0.29) is 6.04 Å². The first-order valence-electron chi connectivity index (χ1n) is 6.88. The fraction of sp³-hybridized carbons (Fsp3) is 0.294. The van der Waals surface area contributed by atoms with E-state index in [1.807, 2.05) is 37.3 Å². The second-order valence-electron chi connectivity index (χ2n) is 5.08. The Kier molecular flexibility index (Phi) is 5.02. The second-order valence-corrected chi connectivity index (χ2v) is 5.08. The van der Waals surface area contributed by atoms with Gasteiger partial charge in [0.2, 0.25) is 0 Å². The number of hydrogen-bond donors (Lipinski definition) is 1. The lowest BCUT2D eigenvalue weighted by molar-refractivity contribution is -0.140. The van der Waals surface area contributed by atoms with Crippen molar-refractivity contribution in [1.82, 2.24) is 5.32 Å². The first-order chi connectivity index (χ1) is 9.96. The minimum absolute atomic E-state index is 0.154. The van der Waals surface area contributed by atoms with Crippen LogP contribution in [0.1, 0.15) is 36.6 Å². The first-order valence-corrected chi connectivity index (χ1v) is 6.88. The summed E-state index contributed by atoms with van der Waals surface area (Å²) in [4.78, 5) is 0. The molecule has 0 saturated carbocycles. The zero-order valence-electron chi connectivity index (χ0n) is 11.8. The molecule has 0 fully saturated rings. The minimum atomic E-state index is -4.20. The lowest BCUT2D eigenvalue weighted by Gasteiger charge is -2.25. The normalized spacial score (nSPS) is 14.7. The van der Waals surface area contributed by atoms with Gasteiger partial charge in [0.1, 0.15) is 0 Å². The van der Waals surface area contributed by atoms with Crippen molar-refractivity contribution in [2.24, 2.45) is 0 Å². The standard InChI is InChI=1S/C17H18F3N/c1-13(14-8-4-2-5-9-14)21-16(12-17(18,19)20)15-10-6-3-7-11-15/h2-11,13,16,21H,12H2,1H3.